The van der Waals surface area contributed by atoms with Crippen molar-refractivity contribution in [3.63, 3.8) is 0 Å². The summed E-state index contributed by atoms with van der Waals surface area (Å²) in [6.45, 7) is 2.33. The molecule has 0 saturated carbocycles. The zero-order chi connectivity index (χ0) is 10.6. The molecule has 1 aliphatic heterocycles. The number of carbonyl (C=O) groups is 1. The standard InChI is InChI=1S/C8H15NO4S/c10-8(11)7-14(12,13)6-5-9-3-1-2-4-9/h1-7H2,(H,10,11). The number of carboxylic acid groups (broad SMARTS) is 1. The van der Waals surface area contributed by atoms with Crippen LogP contribution in [0, 0.1) is 0 Å². The van der Waals surface area contributed by atoms with Crippen LogP contribution in [0.3, 0.4) is 0 Å². The van der Waals surface area contributed by atoms with Crippen LogP contribution in [0.1, 0.15) is 12.8 Å². The minimum Gasteiger partial charge on any atom is -0.480 e. The lowest BCUT2D eigenvalue weighted by atomic mass is 10.4. The van der Waals surface area contributed by atoms with Crippen molar-refractivity contribution in [2.24, 2.45) is 0 Å². The largest absolute Gasteiger partial charge is 0.480 e. The van der Waals surface area contributed by atoms with E-state index >= 15 is 0 Å². The third kappa shape index (κ3) is 4.06. The first-order chi connectivity index (χ1) is 6.49. The molecule has 1 saturated heterocycles. The van der Waals surface area contributed by atoms with E-state index in [-0.39, 0.29) is 5.75 Å². The summed E-state index contributed by atoms with van der Waals surface area (Å²) in [5.41, 5.74) is 0. The number of hydrogen-bond donors (Lipinski definition) is 1. The summed E-state index contributed by atoms with van der Waals surface area (Å²) in [6.07, 6.45) is 2.22. The Balaban J connectivity index is 2.32. The van der Waals surface area contributed by atoms with Crippen molar-refractivity contribution in [2.75, 3.05) is 31.1 Å². The summed E-state index contributed by atoms with van der Waals surface area (Å²) >= 11 is 0. The van der Waals surface area contributed by atoms with Crippen molar-refractivity contribution in [1.82, 2.24) is 4.90 Å². The molecule has 1 heterocycles. The van der Waals surface area contributed by atoms with Gasteiger partial charge in [-0.25, -0.2) is 8.42 Å². The number of nitrogens with zero attached hydrogens (tertiary/aromatic N) is 1. The van der Waals surface area contributed by atoms with Crippen LogP contribution in [-0.4, -0.2) is 55.5 Å². The van der Waals surface area contributed by atoms with E-state index in [2.05, 4.69) is 4.90 Å². The van der Waals surface area contributed by atoms with E-state index in [9.17, 15) is 13.2 Å². The van der Waals surface area contributed by atoms with Gasteiger partial charge in [0.05, 0.1) is 5.75 Å². The van der Waals surface area contributed by atoms with Gasteiger partial charge in [-0.3, -0.25) is 4.79 Å². The van der Waals surface area contributed by atoms with Gasteiger partial charge in [0.15, 0.2) is 9.84 Å². The number of aliphatic carboxylic acids is 1. The van der Waals surface area contributed by atoms with Gasteiger partial charge in [-0.05, 0) is 25.9 Å². The molecule has 1 rings (SSSR count). The quantitative estimate of drug-likeness (QED) is 0.682. The fourth-order valence-electron chi connectivity index (χ4n) is 1.53. The molecule has 0 aromatic heterocycles. The van der Waals surface area contributed by atoms with E-state index in [0.29, 0.717) is 6.54 Å². The molecule has 6 heteroatoms. The van der Waals surface area contributed by atoms with E-state index in [0.717, 1.165) is 25.9 Å². The van der Waals surface area contributed by atoms with Crippen molar-refractivity contribution in [2.45, 2.75) is 12.8 Å². The Morgan fingerprint density at radius 2 is 1.86 bits per heavy atom. The lowest BCUT2D eigenvalue weighted by Crippen LogP contribution is -2.29. The Morgan fingerprint density at radius 3 is 2.36 bits per heavy atom. The maximum absolute atomic E-state index is 11.2. The minimum absolute atomic E-state index is 0.0424. The Bertz CT molecular complexity index is 292. The van der Waals surface area contributed by atoms with Crippen molar-refractivity contribution >= 4 is 15.8 Å². The molecule has 1 fully saturated rings. The van der Waals surface area contributed by atoms with Gasteiger partial charge in [-0.2, -0.15) is 0 Å². The van der Waals surface area contributed by atoms with Gasteiger partial charge in [0.25, 0.3) is 0 Å². The summed E-state index contributed by atoms with van der Waals surface area (Å²) in [4.78, 5) is 12.3. The van der Waals surface area contributed by atoms with Crippen LogP contribution < -0.4 is 0 Å². The lowest BCUT2D eigenvalue weighted by Gasteiger charge is -2.13. The molecule has 0 unspecified atom stereocenters. The Morgan fingerprint density at radius 1 is 1.29 bits per heavy atom. The third-order valence-electron chi connectivity index (χ3n) is 2.26. The molecule has 1 aliphatic rings. The molecular weight excluding hydrogens is 206 g/mol. The number of rotatable bonds is 5. The molecule has 0 aliphatic carbocycles. The second kappa shape index (κ2) is 4.75. The fraction of sp³-hybridized carbons (Fsp3) is 0.875. The molecular formula is C8H15NO4S. The van der Waals surface area contributed by atoms with Crippen molar-refractivity contribution in [1.29, 1.82) is 0 Å². The molecule has 14 heavy (non-hydrogen) atoms. The topological polar surface area (TPSA) is 74.7 Å². The zero-order valence-electron chi connectivity index (χ0n) is 7.98. The van der Waals surface area contributed by atoms with Crippen molar-refractivity contribution in [3.05, 3.63) is 0 Å². The third-order valence-corrected chi connectivity index (χ3v) is 3.75. The molecule has 0 amide bonds. The highest BCUT2D eigenvalue weighted by Gasteiger charge is 2.19. The van der Waals surface area contributed by atoms with Gasteiger partial charge >= 0.3 is 5.97 Å². The van der Waals surface area contributed by atoms with Crippen LogP contribution in [-0.2, 0) is 14.6 Å². The minimum atomic E-state index is -3.41. The summed E-state index contributed by atoms with van der Waals surface area (Å²) in [5, 5.41) is 8.35. The first kappa shape index (κ1) is 11.5. The number of sulfone groups is 1. The van der Waals surface area contributed by atoms with Crippen LogP contribution in [0.2, 0.25) is 0 Å². The number of hydrogen-bond acceptors (Lipinski definition) is 4. The van der Waals surface area contributed by atoms with Gasteiger partial charge in [0.2, 0.25) is 0 Å². The van der Waals surface area contributed by atoms with Gasteiger partial charge < -0.3 is 10.0 Å². The SMILES string of the molecule is O=C(O)CS(=O)(=O)CCN1CCCC1. The van der Waals surface area contributed by atoms with Crippen LogP contribution >= 0.6 is 0 Å². The molecule has 0 bridgehead atoms. The molecule has 0 atom stereocenters. The number of likely N-dealkylation sites (tertiary alicyclic amines) is 1. The summed E-state index contributed by atoms with van der Waals surface area (Å²) in [6, 6.07) is 0. The molecule has 1 N–H and O–H groups in total. The van der Waals surface area contributed by atoms with Crippen LogP contribution in [0.25, 0.3) is 0 Å². The monoisotopic (exact) mass is 221 g/mol. The second-order valence-corrected chi connectivity index (χ2v) is 5.72. The van der Waals surface area contributed by atoms with Crippen LogP contribution in [0.15, 0.2) is 0 Å². The maximum Gasteiger partial charge on any atom is 0.318 e. The maximum atomic E-state index is 11.2. The van der Waals surface area contributed by atoms with E-state index in [4.69, 9.17) is 5.11 Å². The van der Waals surface area contributed by atoms with Gasteiger partial charge in [0.1, 0.15) is 5.75 Å². The smallest absolute Gasteiger partial charge is 0.318 e. The van der Waals surface area contributed by atoms with Gasteiger partial charge in [-0.1, -0.05) is 0 Å². The van der Waals surface area contributed by atoms with Crippen molar-refractivity contribution < 1.29 is 18.3 Å². The highest BCUT2D eigenvalue weighted by Crippen LogP contribution is 2.07. The van der Waals surface area contributed by atoms with E-state index < -0.39 is 21.6 Å². The van der Waals surface area contributed by atoms with E-state index in [1.165, 1.54) is 0 Å². The normalized spacial score (nSPS) is 18.6. The second-order valence-electron chi connectivity index (χ2n) is 3.53. The average molecular weight is 221 g/mol. The highest BCUT2D eigenvalue weighted by molar-refractivity contribution is 7.92. The first-order valence-corrected chi connectivity index (χ1v) is 6.46. The summed E-state index contributed by atoms with van der Waals surface area (Å²) in [7, 11) is -3.41. The number of carboxylic acids is 1. The summed E-state index contributed by atoms with van der Waals surface area (Å²) < 4.78 is 22.4. The van der Waals surface area contributed by atoms with Crippen LogP contribution in [0.5, 0.6) is 0 Å². The van der Waals surface area contributed by atoms with Gasteiger partial charge in [0, 0.05) is 6.54 Å². The Hall–Kier alpha value is -0.620. The highest BCUT2D eigenvalue weighted by atomic mass is 32.2. The molecule has 0 aromatic rings. The molecule has 82 valence electrons. The Labute approximate surface area is 83.6 Å². The fourth-order valence-corrected chi connectivity index (χ4v) is 2.59. The predicted molar refractivity (Wildman–Crippen MR) is 52.0 cm³/mol. The summed E-state index contributed by atoms with van der Waals surface area (Å²) in [5.74, 6) is -2.06. The molecule has 0 radical (unpaired) electrons. The lowest BCUT2D eigenvalue weighted by molar-refractivity contribution is -0.134. The molecule has 0 spiro atoms. The zero-order valence-corrected chi connectivity index (χ0v) is 8.79. The predicted octanol–water partition coefficient (Wildman–Crippen LogP) is -0.418. The molecule has 0 aromatic carbocycles. The molecule has 5 nitrogen and oxygen atoms in total. The van der Waals surface area contributed by atoms with Gasteiger partial charge in [-0.15, -0.1) is 0 Å². The first-order valence-electron chi connectivity index (χ1n) is 4.64. The van der Waals surface area contributed by atoms with Crippen LogP contribution in [0.4, 0.5) is 0 Å². The Kier molecular flexibility index (Phi) is 3.88. The van der Waals surface area contributed by atoms with E-state index in [1.54, 1.807) is 0 Å². The average Bonchev–Trinajstić information content (AvgIpc) is 2.50. The van der Waals surface area contributed by atoms with E-state index in [1.807, 2.05) is 0 Å². The van der Waals surface area contributed by atoms with Crippen molar-refractivity contribution in [3.8, 4) is 0 Å².